The second kappa shape index (κ2) is 6.57. The van der Waals surface area contributed by atoms with Gasteiger partial charge in [-0.15, -0.1) is 0 Å². The SMILES string of the molecule is COC(=O)C[C@H]1CCC[C@H]2CC[C@@H](OC(C)=O)[C@H](C)N21. The third-order valence-corrected chi connectivity index (χ3v) is 4.66. The summed E-state index contributed by atoms with van der Waals surface area (Å²) in [5.41, 5.74) is 0. The van der Waals surface area contributed by atoms with E-state index in [-0.39, 0.29) is 30.1 Å². The molecule has 5 heteroatoms. The summed E-state index contributed by atoms with van der Waals surface area (Å²) in [5.74, 6) is -0.376. The van der Waals surface area contributed by atoms with E-state index < -0.39 is 0 Å². The maximum absolute atomic E-state index is 11.6. The molecule has 0 spiro atoms. The van der Waals surface area contributed by atoms with Crippen LogP contribution >= 0.6 is 0 Å². The van der Waals surface area contributed by atoms with Crippen molar-refractivity contribution in [3.05, 3.63) is 0 Å². The van der Waals surface area contributed by atoms with Crippen molar-refractivity contribution in [2.45, 2.75) is 76.6 Å². The number of piperidine rings is 2. The van der Waals surface area contributed by atoms with Gasteiger partial charge in [0.05, 0.1) is 13.5 Å². The van der Waals surface area contributed by atoms with E-state index in [1.807, 2.05) is 0 Å². The van der Waals surface area contributed by atoms with Crippen molar-refractivity contribution in [3.63, 3.8) is 0 Å². The molecule has 20 heavy (non-hydrogen) atoms. The van der Waals surface area contributed by atoms with Crippen molar-refractivity contribution in [3.8, 4) is 0 Å². The summed E-state index contributed by atoms with van der Waals surface area (Å²) < 4.78 is 10.2. The van der Waals surface area contributed by atoms with E-state index in [1.54, 1.807) is 0 Å². The van der Waals surface area contributed by atoms with Crippen LogP contribution < -0.4 is 0 Å². The molecule has 5 nitrogen and oxygen atoms in total. The molecule has 2 saturated heterocycles. The Balaban J connectivity index is 2.08. The summed E-state index contributed by atoms with van der Waals surface area (Å²) in [5, 5.41) is 0. The number of ether oxygens (including phenoxy) is 2. The Morgan fingerprint density at radius 1 is 1.20 bits per heavy atom. The van der Waals surface area contributed by atoms with E-state index in [9.17, 15) is 9.59 Å². The molecule has 0 N–H and O–H groups in total. The van der Waals surface area contributed by atoms with Crippen LogP contribution in [-0.2, 0) is 19.1 Å². The normalized spacial score (nSPS) is 34.1. The molecule has 2 heterocycles. The summed E-state index contributed by atoms with van der Waals surface area (Å²) in [6, 6.07) is 0.905. The van der Waals surface area contributed by atoms with E-state index in [0.29, 0.717) is 12.5 Å². The second-order valence-corrected chi connectivity index (χ2v) is 5.93. The molecule has 0 amide bonds. The number of nitrogens with zero attached hydrogens (tertiary/aromatic N) is 1. The lowest BCUT2D eigenvalue weighted by Gasteiger charge is -2.50. The summed E-state index contributed by atoms with van der Waals surface area (Å²) in [6.07, 6.45) is 5.70. The van der Waals surface area contributed by atoms with Gasteiger partial charge in [-0.05, 0) is 32.6 Å². The lowest BCUT2D eigenvalue weighted by atomic mass is 9.83. The van der Waals surface area contributed by atoms with Crippen LogP contribution in [0.1, 0.15) is 52.4 Å². The standard InChI is InChI=1S/C15H25NO4/c1-10-14(20-11(2)17)8-7-12-5-4-6-13(16(10)12)9-15(18)19-3/h10,12-14H,4-9H2,1-3H3/t10-,12-,13+,14+/m0/s1. The molecular weight excluding hydrogens is 258 g/mol. The topological polar surface area (TPSA) is 55.8 Å². The van der Waals surface area contributed by atoms with Gasteiger partial charge in [0.15, 0.2) is 0 Å². The Hall–Kier alpha value is -1.10. The van der Waals surface area contributed by atoms with Crippen LogP contribution in [0.25, 0.3) is 0 Å². The predicted molar refractivity (Wildman–Crippen MR) is 74.1 cm³/mol. The monoisotopic (exact) mass is 283 g/mol. The highest BCUT2D eigenvalue weighted by Gasteiger charge is 2.42. The molecule has 2 fully saturated rings. The van der Waals surface area contributed by atoms with Crippen LogP contribution in [0.4, 0.5) is 0 Å². The zero-order valence-electron chi connectivity index (χ0n) is 12.6. The van der Waals surface area contributed by atoms with Gasteiger partial charge in [-0.3, -0.25) is 14.5 Å². The van der Waals surface area contributed by atoms with Gasteiger partial charge in [-0.25, -0.2) is 0 Å². The summed E-state index contributed by atoms with van der Waals surface area (Å²) in [7, 11) is 1.43. The highest BCUT2D eigenvalue weighted by Crippen LogP contribution is 2.36. The molecule has 0 bridgehead atoms. The Bertz CT molecular complexity index is 371. The minimum Gasteiger partial charge on any atom is -0.469 e. The molecule has 0 radical (unpaired) electrons. The number of hydrogen-bond donors (Lipinski definition) is 0. The first-order valence-corrected chi connectivity index (χ1v) is 7.54. The van der Waals surface area contributed by atoms with E-state index in [2.05, 4.69) is 11.8 Å². The highest BCUT2D eigenvalue weighted by molar-refractivity contribution is 5.70. The summed E-state index contributed by atoms with van der Waals surface area (Å²) in [4.78, 5) is 25.2. The maximum atomic E-state index is 11.6. The fraction of sp³-hybridized carbons (Fsp3) is 0.867. The van der Waals surface area contributed by atoms with Gasteiger partial charge in [0.25, 0.3) is 0 Å². The number of methoxy groups -OCH3 is 1. The summed E-state index contributed by atoms with van der Waals surface area (Å²) >= 11 is 0. The third-order valence-electron chi connectivity index (χ3n) is 4.66. The molecule has 114 valence electrons. The lowest BCUT2D eigenvalue weighted by Crippen LogP contribution is -2.59. The minimum absolute atomic E-state index is 0.0537. The van der Waals surface area contributed by atoms with Crippen molar-refractivity contribution in [1.29, 1.82) is 0 Å². The van der Waals surface area contributed by atoms with Crippen molar-refractivity contribution < 1.29 is 19.1 Å². The van der Waals surface area contributed by atoms with E-state index in [1.165, 1.54) is 20.5 Å². The van der Waals surface area contributed by atoms with Gasteiger partial charge in [0.2, 0.25) is 0 Å². The van der Waals surface area contributed by atoms with Crippen molar-refractivity contribution in [1.82, 2.24) is 4.90 Å². The zero-order chi connectivity index (χ0) is 14.7. The van der Waals surface area contributed by atoms with Gasteiger partial charge < -0.3 is 9.47 Å². The first-order valence-electron chi connectivity index (χ1n) is 7.54. The summed E-state index contributed by atoms with van der Waals surface area (Å²) in [6.45, 7) is 3.57. The molecule has 0 aliphatic carbocycles. The fourth-order valence-electron chi connectivity index (χ4n) is 3.79. The van der Waals surface area contributed by atoms with E-state index in [0.717, 1.165) is 25.7 Å². The average Bonchev–Trinajstić information content (AvgIpc) is 2.41. The van der Waals surface area contributed by atoms with Crippen LogP contribution in [0.3, 0.4) is 0 Å². The zero-order valence-corrected chi connectivity index (χ0v) is 12.6. The third kappa shape index (κ3) is 3.32. The number of carbonyl (C=O) groups excluding carboxylic acids is 2. The first kappa shape index (κ1) is 15.3. The lowest BCUT2D eigenvalue weighted by molar-refractivity contribution is -0.159. The number of esters is 2. The van der Waals surface area contributed by atoms with Crippen LogP contribution in [0.2, 0.25) is 0 Å². The highest BCUT2D eigenvalue weighted by atomic mass is 16.5. The Kier molecular flexibility index (Phi) is 5.02. The predicted octanol–water partition coefficient (Wildman–Crippen LogP) is 1.89. The first-order chi connectivity index (χ1) is 9.52. The largest absolute Gasteiger partial charge is 0.469 e. The van der Waals surface area contributed by atoms with Crippen LogP contribution in [0, 0.1) is 0 Å². The van der Waals surface area contributed by atoms with Crippen molar-refractivity contribution in [2.24, 2.45) is 0 Å². The van der Waals surface area contributed by atoms with Crippen LogP contribution in [-0.4, -0.2) is 48.2 Å². The maximum Gasteiger partial charge on any atom is 0.307 e. The van der Waals surface area contributed by atoms with Gasteiger partial charge in [-0.2, -0.15) is 0 Å². The van der Waals surface area contributed by atoms with Crippen LogP contribution in [0.15, 0.2) is 0 Å². The smallest absolute Gasteiger partial charge is 0.307 e. The fourth-order valence-corrected chi connectivity index (χ4v) is 3.79. The second-order valence-electron chi connectivity index (χ2n) is 5.93. The minimum atomic E-state index is -0.221. The van der Waals surface area contributed by atoms with Gasteiger partial charge >= 0.3 is 11.9 Å². The molecule has 0 unspecified atom stereocenters. The molecule has 0 aromatic heterocycles. The molecule has 0 aromatic rings. The van der Waals surface area contributed by atoms with E-state index >= 15 is 0 Å². The molecule has 2 rings (SSSR count). The molecule has 2 aliphatic heterocycles. The van der Waals surface area contributed by atoms with E-state index in [4.69, 9.17) is 9.47 Å². The average molecular weight is 283 g/mol. The van der Waals surface area contributed by atoms with Gasteiger partial charge in [0.1, 0.15) is 6.10 Å². The molecule has 0 saturated carbocycles. The Morgan fingerprint density at radius 3 is 2.60 bits per heavy atom. The Labute approximate surface area is 120 Å². The molecule has 0 aromatic carbocycles. The number of fused-ring (bicyclic) bond motifs is 1. The quantitative estimate of drug-likeness (QED) is 0.740. The van der Waals surface area contributed by atoms with Crippen LogP contribution in [0.5, 0.6) is 0 Å². The van der Waals surface area contributed by atoms with Gasteiger partial charge in [-0.1, -0.05) is 6.42 Å². The van der Waals surface area contributed by atoms with Crippen molar-refractivity contribution >= 4 is 11.9 Å². The number of rotatable bonds is 3. The van der Waals surface area contributed by atoms with Gasteiger partial charge in [0, 0.05) is 25.0 Å². The number of hydrogen-bond acceptors (Lipinski definition) is 5. The Morgan fingerprint density at radius 2 is 1.95 bits per heavy atom. The molecule has 2 aliphatic rings. The number of carbonyl (C=O) groups is 2. The van der Waals surface area contributed by atoms with Crippen molar-refractivity contribution in [2.75, 3.05) is 7.11 Å². The molecular formula is C15H25NO4. The molecule has 4 atom stereocenters.